The fourth-order valence-corrected chi connectivity index (χ4v) is 82.9. The smallest absolute Gasteiger partial charge is 0.366 e. The summed E-state index contributed by atoms with van der Waals surface area (Å²) in [4.78, 5) is 0. The molecule has 6 fully saturated rings. The van der Waals surface area contributed by atoms with E-state index in [0.717, 1.165) is 0 Å². The molecule has 0 spiro atoms. The normalized spacial score (nSPS) is 33.6. The Morgan fingerprint density at radius 1 is 0.0882 bits per heavy atom. The Labute approximate surface area is 601 Å². The zero-order chi connectivity index (χ0) is 68.1. The van der Waals surface area contributed by atoms with E-state index in [0.29, 0.717) is 62.2 Å². The van der Waals surface area contributed by atoms with E-state index in [1.807, 2.05) is 364 Å². The minimum Gasteiger partial charge on any atom is -0.366 e. The summed E-state index contributed by atoms with van der Waals surface area (Å²) < 4.78 is 158. The maximum Gasteiger partial charge on any atom is 0.515 e. The van der Waals surface area contributed by atoms with Crippen LogP contribution in [0, 0.1) is 0 Å². The molecule has 0 saturated carbocycles. The molecule has 30 heteroatoms. The van der Waals surface area contributed by atoms with Crippen molar-refractivity contribution in [3.05, 3.63) is 364 Å². The van der Waals surface area contributed by atoms with Gasteiger partial charge in [-0.1, -0.05) is 364 Å². The van der Waals surface area contributed by atoms with E-state index in [1.165, 1.54) is 0 Å². The Morgan fingerprint density at radius 2 is 0.147 bits per heavy atom. The predicted molar refractivity (Wildman–Crippen MR) is 401 cm³/mol. The summed E-state index contributed by atoms with van der Waals surface area (Å²) in [7, 11) is -65.5. The van der Waals surface area contributed by atoms with Crippen molar-refractivity contribution in [1.29, 1.82) is 0 Å². The van der Waals surface area contributed by atoms with Crippen molar-refractivity contribution in [2.24, 2.45) is 0 Å². The third-order valence-corrected chi connectivity index (χ3v) is 69.5. The summed E-state index contributed by atoms with van der Waals surface area (Å²) in [5.74, 6) is 0. The van der Waals surface area contributed by atoms with Gasteiger partial charge in [0.05, 0.1) is 0 Å². The monoisotopic (exact) mass is 1550 g/mol. The van der Waals surface area contributed by atoms with E-state index in [1.54, 1.807) is 0 Å². The van der Waals surface area contributed by atoms with E-state index in [4.69, 9.17) is 74.1 Å². The van der Waals surface area contributed by atoms with Crippen LogP contribution in [0.25, 0.3) is 0 Å². The first-order valence-electron chi connectivity index (χ1n) is 33.3. The van der Waals surface area contributed by atoms with Gasteiger partial charge >= 0.3 is 106 Å². The molecule has 6 saturated heterocycles. The zero-order valence-electron chi connectivity index (χ0n) is 54.0. The Kier molecular flexibility index (Phi) is 16.1. The van der Waals surface area contributed by atoms with Crippen LogP contribution < -0.4 is 62.2 Å². The summed E-state index contributed by atoms with van der Waals surface area (Å²) in [6.45, 7) is 0. The van der Waals surface area contributed by atoms with Crippen molar-refractivity contribution in [1.82, 2.24) is 0 Å². The van der Waals surface area contributed by atoms with Crippen LogP contribution in [0.5, 0.6) is 0 Å². The van der Waals surface area contributed by atoms with Gasteiger partial charge < -0.3 is 74.1 Å². The molecule has 0 N–H and O–H groups in total. The van der Waals surface area contributed by atoms with Crippen LogP contribution in [0.3, 0.4) is 0 Å². The van der Waals surface area contributed by atoms with Gasteiger partial charge in [0.2, 0.25) is 0 Å². The third-order valence-electron chi connectivity index (χ3n) is 18.4. The number of rotatable bonds is 12. The highest BCUT2D eigenvalue weighted by atomic mass is 28.6. The number of hydrogen-bond acceptors (Lipinski definition) is 18. The molecule has 18 rings (SSSR count). The van der Waals surface area contributed by atoms with Crippen molar-refractivity contribution in [3.8, 4) is 0 Å². The molecule has 12 bridgehead atoms. The molecule has 6 aliphatic heterocycles. The van der Waals surface area contributed by atoms with Crippen LogP contribution in [-0.2, 0) is 74.1 Å². The number of hydrogen-bond donors (Lipinski definition) is 0. The summed E-state index contributed by atoms with van der Waals surface area (Å²) >= 11 is 0. The highest BCUT2D eigenvalue weighted by Gasteiger charge is 2.88. The van der Waals surface area contributed by atoms with E-state index in [-0.39, 0.29) is 0 Å². The fraction of sp³-hybridized carbons (Fsp3) is 0. The van der Waals surface area contributed by atoms with Crippen molar-refractivity contribution in [3.63, 3.8) is 0 Å². The zero-order valence-corrected chi connectivity index (χ0v) is 66.0. The summed E-state index contributed by atoms with van der Waals surface area (Å²) in [5, 5.41) is 4.76. The number of fused-ring (bicyclic) bond motifs is 12. The molecule has 18 nitrogen and oxygen atoms in total. The van der Waals surface area contributed by atoms with E-state index >= 15 is 0 Å². The van der Waals surface area contributed by atoms with Gasteiger partial charge in [0.15, 0.2) is 0 Å². The molecule has 0 aromatic heterocycles. The lowest BCUT2D eigenvalue weighted by Gasteiger charge is -2.62. The molecular weight excluding hydrogens is 1490 g/mol. The topological polar surface area (TPSA) is 166 Å². The maximum atomic E-state index is 8.80. The Hall–Kier alpha value is -7.48. The van der Waals surface area contributed by atoms with Gasteiger partial charge in [-0.3, -0.25) is 0 Å². The highest BCUT2D eigenvalue weighted by molar-refractivity contribution is 7.16. The highest BCUT2D eigenvalue weighted by Crippen LogP contribution is 2.50. The first kappa shape index (κ1) is 65.3. The van der Waals surface area contributed by atoms with Crippen molar-refractivity contribution >= 4 is 168 Å². The Morgan fingerprint density at radius 3 is 0.206 bits per heavy atom. The Bertz CT molecular complexity index is 3830. The van der Waals surface area contributed by atoms with Crippen molar-refractivity contribution < 1.29 is 74.1 Å². The molecule has 0 amide bonds. The summed E-state index contributed by atoms with van der Waals surface area (Å²) in [5.41, 5.74) is 0. The quantitative estimate of drug-likeness (QED) is 0.157. The van der Waals surface area contributed by atoms with Gasteiger partial charge in [-0.15, -0.1) is 0 Å². The molecule has 0 atom stereocenters. The minimum absolute atomic E-state index is 0.397. The lowest BCUT2D eigenvalue weighted by atomic mass is 10.4. The fourth-order valence-electron chi connectivity index (χ4n) is 13.8. The van der Waals surface area contributed by atoms with Gasteiger partial charge in [-0.05, 0) is 0 Å². The van der Waals surface area contributed by atoms with E-state index in [2.05, 4.69) is 0 Å². The summed E-state index contributed by atoms with van der Waals surface area (Å²) in [6.07, 6.45) is 0. The van der Waals surface area contributed by atoms with Crippen LogP contribution in [-0.4, -0.2) is 106 Å². The Balaban J connectivity index is 1.10. The molecule has 0 radical (unpaired) electrons. The second-order valence-electron chi connectivity index (χ2n) is 24.9. The molecule has 12 aromatic carbocycles. The lowest BCUT2D eigenvalue weighted by molar-refractivity contribution is -0.000642. The van der Waals surface area contributed by atoms with Gasteiger partial charge in [-0.25, -0.2) is 0 Å². The molecule has 12 aromatic rings. The molecular formula is C72H60O18Si12. The molecule has 0 aliphatic carbocycles. The molecule has 6 heterocycles. The second kappa shape index (κ2) is 25.1. The molecule has 6 aliphatic rings. The largest absolute Gasteiger partial charge is 0.515 e. The van der Waals surface area contributed by atoms with Crippen LogP contribution in [0.15, 0.2) is 364 Å². The lowest BCUT2D eigenvalue weighted by Crippen LogP contribution is -2.96. The average Bonchev–Trinajstić information content (AvgIpc) is 0.666. The van der Waals surface area contributed by atoms with Gasteiger partial charge in [0.25, 0.3) is 0 Å². The predicted octanol–water partition coefficient (Wildman–Crippen LogP) is 4.53. The van der Waals surface area contributed by atoms with Gasteiger partial charge in [0, 0.05) is 62.2 Å². The minimum atomic E-state index is -5.46. The number of benzene rings is 12. The van der Waals surface area contributed by atoms with Crippen LogP contribution >= 0.6 is 0 Å². The van der Waals surface area contributed by atoms with E-state index < -0.39 is 106 Å². The van der Waals surface area contributed by atoms with Crippen molar-refractivity contribution in [2.45, 2.75) is 0 Å². The van der Waals surface area contributed by atoms with Crippen LogP contribution in [0.4, 0.5) is 0 Å². The maximum absolute atomic E-state index is 8.80. The van der Waals surface area contributed by atoms with E-state index in [9.17, 15) is 0 Å². The SMILES string of the molecule is c1ccc([Si]23O[Si]4(c5ccccc5)O[Si]5(c6ccccc6)O[Si](c6ccccc6)(O2)O[Si]2(c6ccccc6)O[Si](c6ccccc6)(O5)O[Si]5(c6ccccc6)O[Si](c6ccccc6)(O2)O[Si]2(c6ccccc6)O[Si](c6ccccc6)(O[Si](c6ccccc6)(O[Si](c6ccccc6)(O3)O2)O4)O5)cc1. The van der Waals surface area contributed by atoms with Gasteiger partial charge in [0.1, 0.15) is 0 Å². The second-order valence-corrected chi connectivity index (χ2v) is 59.9. The first-order valence-corrected chi connectivity index (χ1v) is 54.0. The molecule has 102 heavy (non-hydrogen) atoms. The average molecular weight is 1550 g/mol. The molecule has 0 unspecified atom stereocenters. The first-order chi connectivity index (χ1) is 50.0. The third kappa shape index (κ3) is 10.7. The van der Waals surface area contributed by atoms with Crippen LogP contribution in [0.2, 0.25) is 0 Å². The van der Waals surface area contributed by atoms with Gasteiger partial charge in [-0.2, -0.15) is 0 Å². The molecule has 504 valence electrons. The van der Waals surface area contributed by atoms with Crippen molar-refractivity contribution in [2.75, 3.05) is 0 Å². The summed E-state index contributed by atoms with van der Waals surface area (Å²) in [6, 6.07) is 114. The standard InChI is InChI=1S/C72H60O18Si12/c1-13-37-61(38-14-1)91-73-92(62-39-15-2-16-40-62)81-95(65-45-21-5-22-46-65)74-93(79-91,63-41-17-3-18-42-63)83-97(67-49-25-7-26-50-67)76-99(85-95,69-53-29-9-30-54-69)89-102(72-59-35-12-36-60-72)78-101(87-97,71-57-33-11-34-58-71)88-98(68-51-27-8-28-52-68)77-100(90-102,70-55-31-10-32-56-70)86-96(82-92,66-47-23-6-24-48-66)75-94(80-91,84-98)64-43-19-4-20-44-64/h1-60H. The van der Waals surface area contributed by atoms with Crippen LogP contribution in [0.1, 0.15) is 0 Å².